The topological polar surface area (TPSA) is 69.6 Å². The Morgan fingerprint density at radius 1 is 1.53 bits per heavy atom. The van der Waals surface area contributed by atoms with Crippen LogP contribution in [-0.2, 0) is 10.0 Å². The first-order valence-corrected chi connectivity index (χ1v) is 7.91. The highest BCUT2D eigenvalue weighted by Crippen LogP contribution is 2.26. The van der Waals surface area contributed by atoms with Crippen LogP contribution in [0, 0.1) is 5.92 Å². The second-order valence-electron chi connectivity index (χ2n) is 5.36. The van der Waals surface area contributed by atoms with Crippen molar-refractivity contribution in [1.82, 2.24) is 9.62 Å². The summed E-state index contributed by atoms with van der Waals surface area (Å²) in [6.07, 6.45) is 3.76. The van der Waals surface area contributed by atoms with Crippen LogP contribution in [0.2, 0.25) is 0 Å². The Labute approximate surface area is 104 Å². The number of hydrogen-bond acceptors (Lipinski definition) is 4. The third kappa shape index (κ3) is 4.91. The zero-order valence-corrected chi connectivity index (χ0v) is 11.8. The van der Waals surface area contributed by atoms with E-state index in [1.165, 1.54) is 10.6 Å². The van der Waals surface area contributed by atoms with Crippen LogP contribution in [0.5, 0.6) is 0 Å². The minimum absolute atomic E-state index is 0.252. The highest BCUT2D eigenvalue weighted by atomic mass is 32.2. The molecule has 0 aromatic carbocycles. The van der Waals surface area contributed by atoms with E-state index in [9.17, 15) is 13.5 Å². The van der Waals surface area contributed by atoms with Crippen LogP contribution in [-0.4, -0.2) is 56.4 Å². The molecule has 0 spiro atoms. The summed E-state index contributed by atoms with van der Waals surface area (Å²) in [6, 6.07) is 0. The number of hydrogen-bond donors (Lipinski definition) is 2. The molecule has 1 aliphatic heterocycles. The molecule has 2 unspecified atom stereocenters. The van der Waals surface area contributed by atoms with E-state index in [-0.39, 0.29) is 5.92 Å². The van der Waals surface area contributed by atoms with Gasteiger partial charge >= 0.3 is 0 Å². The maximum atomic E-state index is 11.5. The summed E-state index contributed by atoms with van der Waals surface area (Å²) < 4.78 is 24.5. The van der Waals surface area contributed by atoms with Gasteiger partial charge in [-0.05, 0) is 39.2 Å². The van der Waals surface area contributed by atoms with Gasteiger partial charge in [0.2, 0.25) is 10.0 Å². The molecule has 0 aromatic rings. The van der Waals surface area contributed by atoms with Gasteiger partial charge in [0.15, 0.2) is 0 Å². The molecule has 0 saturated carbocycles. The summed E-state index contributed by atoms with van der Waals surface area (Å²) in [4.78, 5) is 0. The maximum absolute atomic E-state index is 11.5. The Hall–Kier alpha value is -0.170. The predicted octanol–water partition coefficient (Wildman–Crippen LogP) is 0.0185. The molecule has 0 amide bonds. The molecule has 5 nitrogen and oxygen atoms in total. The molecule has 0 aliphatic carbocycles. The van der Waals surface area contributed by atoms with Crippen LogP contribution >= 0.6 is 0 Å². The molecule has 102 valence electrons. The van der Waals surface area contributed by atoms with Crippen LogP contribution < -0.4 is 5.32 Å². The van der Waals surface area contributed by atoms with E-state index in [0.717, 1.165) is 12.8 Å². The molecule has 6 heteroatoms. The zero-order valence-electron chi connectivity index (χ0n) is 10.9. The third-order valence-electron chi connectivity index (χ3n) is 3.24. The number of rotatable bonds is 5. The van der Waals surface area contributed by atoms with E-state index in [2.05, 4.69) is 5.32 Å². The Bertz CT molecular complexity index is 341. The van der Waals surface area contributed by atoms with Crippen molar-refractivity contribution in [3.63, 3.8) is 0 Å². The van der Waals surface area contributed by atoms with Gasteiger partial charge in [-0.15, -0.1) is 0 Å². The Morgan fingerprint density at radius 2 is 2.18 bits per heavy atom. The van der Waals surface area contributed by atoms with Gasteiger partial charge in [0.05, 0.1) is 11.9 Å². The van der Waals surface area contributed by atoms with Crippen molar-refractivity contribution in [3.8, 4) is 0 Å². The number of aliphatic hydroxyl groups is 1. The first-order valence-electron chi connectivity index (χ1n) is 6.07. The second-order valence-corrected chi connectivity index (χ2v) is 7.34. The number of likely N-dealkylation sites (N-methyl/N-ethyl adjacent to an activating group) is 1. The molecule has 0 bridgehead atoms. The van der Waals surface area contributed by atoms with Gasteiger partial charge in [-0.25, -0.2) is 12.7 Å². The van der Waals surface area contributed by atoms with Gasteiger partial charge in [-0.2, -0.15) is 0 Å². The fourth-order valence-corrected chi connectivity index (χ4v) is 3.51. The van der Waals surface area contributed by atoms with Gasteiger partial charge in [0.25, 0.3) is 0 Å². The fourth-order valence-electron chi connectivity index (χ4n) is 2.57. The van der Waals surface area contributed by atoms with Crippen molar-refractivity contribution in [2.45, 2.75) is 31.8 Å². The standard InChI is InChI=1S/C11H24N2O3S/c1-11(14,9-12-2)7-10-5-4-6-13(8-10)17(3,15)16/h10,12,14H,4-9H2,1-3H3. The summed E-state index contributed by atoms with van der Waals surface area (Å²) in [5, 5.41) is 13.1. The zero-order chi connectivity index (χ0) is 13.1. The average Bonchev–Trinajstić information content (AvgIpc) is 2.15. The molecule has 0 radical (unpaired) electrons. The number of piperidine rings is 1. The Kier molecular flexibility index (Phi) is 4.95. The minimum atomic E-state index is -3.09. The molecule has 0 aromatic heterocycles. The summed E-state index contributed by atoms with van der Waals surface area (Å²) in [6.45, 7) is 3.48. The van der Waals surface area contributed by atoms with Crippen LogP contribution in [0.15, 0.2) is 0 Å². The van der Waals surface area contributed by atoms with Crippen molar-refractivity contribution < 1.29 is 13.5 Å². The monoisotopic (exact) mass is 264 g/mol. The van der Waals surface area contributed by atoms with Gasteiger partial charge in [0, 0.05) is 19.6 Å². The fraction of sp³-hybridized carbons (Fsp3) is 1.00. The quantitative estimate of drug-likeness (QED) is 0.734. The molecule has 17 heavy (non-hydrogen) atoms. The van der Waals surface area contributed by atoms with E-state index >= 15 is 0 Å². The molecule has 1 heterocycles. The maximum Gasteiger partial charge on any atom is 0.211 e. The van der Waals surface area contributed by atoms with E-state index in [0.29, 0.717) is 26.1 Å². The lowest BCUT2D eigenvalue weighted by molar-refractivity contribution is 0.0269. The van der Waals surface area contributed by atoms with Crippen molar-refractivity contribution >= 4 is 10.0 Å². The Balaban J connectivity index is 2.56. The van der Waals surface area contributed by atoms with Crippen molar-refractivity contribution in [2.75, 3.05) is 32.9 Å². The highest BCUT2D eigenvalue weighted by Gasteiger charge is 2.31. The van der Waals surface area contributed by atoms with Crippen molar-refractivity contribution in [3.05, 3.63) is 0 Å². The van der Waals surface area contributed by atoms with Crippen LogP contribution in [0.25, 0.3) is 0 Å². The lowest BCUT2D eigenvalue weighted by atomic mass is 9.87. The lowest BCUT2D eigenvalue weighted by Crippen LogP contribution is -2.44. The normalized spacial score (nSPS) is 26.7. The van der Waals surface area contributed by atoms with E-state index in [1.54, 1.807) is 14.0 Å². The molecule has 2 atom stereocenters. The van der Waals surface area contributed by atoms with Gasteiger partial charge in [-0.3, -0.25) is 0 Å². The van der Waals surface area contributed by atoms with E-state index in [4.69, 9.17) is 0 Å². The van der Waals surface area contributed by atoms with Gasteiger partial charge in [-0.1, -0.05) is 0 Å². The molecule has 1 fully saturated rings. The summed E-state index contributed by atoms with van der Waals surface area (Å²) in [7, 11) is -1.29. The predicted molar refractivity (Wildman–Crippen MR) is 68.3 cm³/mol. The summed E-state index contributed by atoms with van der Waals surface area (Å²) >= 11 is 0. The van der Waals surface area contributed by atoms with Crippen molar-refractivity contribution in [1.29, 1.82) is 0 Å². The first-order chi connectivity index (χ1) is 7.74. The lowest BCUT2D eigenvalue weighted by Gasteiger charge is -2.35. The molecular formula is C11H24N2O3S. The van der Waals surface area contributed by atoms with Crippen LogP contribution in [0.1, 0.15) is 26.2 Å². The molecule has 1 saturated heterocycles. The van der Waals surface area contributed by atoms with E-state index < -0.39 is 15.6 Å². The molecule has 2 N–H and O–H groups in total. The minimum Gasteiger partial charge on any atom is -0.389 e. The highest BCUT2D eigenvalue weighted by molar-refractivity contribution is 7.88. The molecule has 1 aliphatic rings. The third-order valence-corrected chi connectivity index (χ3v) is 4.51. The van der Waals surface area contributed by atoms with Crippen LogP contribution in [0.3, 0.4) is 0 Å². The number of nitrogens with zero attached hydrogens (tertiary/aromatic N) is 1. The number of sulfonamides is 1. The van der Waals surface area contributed by atoms with Crippen LogP contribution in [0.4, 0.5) is 0 Å². The smallest absolute Gasteiger partial charge is 0.211 e. The molecule has 1 rings (SSSR count). The summed E-state index contributed by atoms with van der Waals surface area (Å²) in [5.74, 6) is 0.252. The van der Waals surface area contributed by atoms with Gasteiger partial charge < -0.3 is 10.4 Å². The average molecular weight is 264 g/mol. The second kappa shape index (κ2) is 5.65. The largest absolute Gasteiger partial charge is 0.389 e. The van der Waals surface area contributed by atoms with Gasteiger partial charge in [0.1, 0.15) is 0 Å². The van der Waals surface area contributed by atoms with Crippen molar-refractivity contribution in [2.24, 2.45) is 5.92 Å². The summed E-state index contributed by atoms with van der Waals surface area (Å²) in [5.41, 5.74) is -0.764. The Morgan fingerprint density at radius 3 is 2.71 bits per heavy atom. The number of nitrogens with one attached hydrogen (secondary N) is 1. The first kappa shape index (κ1) is 14.9. The van der Waals surface area contributed by atoms with E-state index in [1.807, 2.05) is 0 Å². The molecular weight excluding hydrogens is 240 g/mol. The SMILES string of the molecule is CNCC(C)(O)CC1CCCN(S(C)(=O)=O)C1.